The maximum absolute atomic E-state index is 5.71. The summed E-state index contributed by atoms with van der Waals surface area (Å²) in [4.78, 5) is 2.49. The summed E-state index contributed by atoms with van der Waals surface area (Å²) in [6, 6.07) is 4.02. The van der Waals surface area contributed by atoms with Crippen molar-refractivity contribution in [2.24, 2.45) is 5.73 Å². The Labute approximate surface area is 107 Å². The number of fused-ring (bicyclic) bond motifs is 1. The topological polar surface area (TPSA) is 59.5 Å². The number of nitrogens with two attached hydrogens (primary N) is 1. The van der Waals surface area contributed by atoms with Crippen molar-refractivity contribution in [2.75, 3.05) is 19.6 Å². The predicted molar refractivity (Wildman–Crippen MR) is 70.3 cm³/mol. The number of hydrogen-bond acceptors (Lipinski definition) is 4. The van der Waals surface area contributed by atoms with Crippen LogP contribution in [0.3, 0.4) is 0 Å². The van der Waals surface area contributed by atoms with Gasteiger partial charge in [0.15, 0.2) is 5.65 Å². The fraction of sp³-hybridized carbons (Fsp3) is 0.538. The van der Waals surface area contributed by atoms with Crippen LogP contribution in [0.2, 0.25) is 0 Å². The summed E-state index contributed by atoms with van der Waals surface area (Å²) >= 11 is 0. The first kappa shape index (κ1) is 11.6. The lowest BCUT2D eigenvalue weighted by Gasteiger charge is -2.13. The third-order valence-corrected chi connectivity index (χ3v) is 3.66. The zero-order chi connectivity index (χ0) is 12.4. The highest BCUT2D eigenvalue weighted by Crippen LogP contribution is 2.12. The van der Waals surface area contributed by atoms with E-state index in [-0.39, 0.29) is 0 Å². The van der Waals surface area contributed by atoms with Crippen LogP contribution in [-0.4, -0.2) is 39.1 Å². The fourth-order valence-corrected chi connectivity index (χ4v) is 2.61. The van der Waals surface area contributed by atoms with Crippen LogP contribution >= 0.6 is 0 Å². The van der Waals surface area contributed by atoms with Crippen molar-refractivity contribution in [3.63, 3.8) is 0 Å². The van der Waals surface area contributed by atoms with Crippen molar-refractivity contribution in [3.8, 4) is 0 Å². The lowest BCUT2D eigenvalue weighted by Crippen LogP contribution is -2.22. The molecule has 2 aromatic rings. The van der Waals surface area contributed by atoms with Gasteiger partial charge in [-0.2, -0.15) is 0 Å². The van der Waals surface area contributed by atoms with E-state index in [2.05, 4.69) is 19.5 Å². The van der Waals surface area contributed by atoms with Crippen LogP contribution in [0.25, 0.3) is 5.65 Å². The van der Waals surface area contributed by atoms with E-state index in [1.165, 1.54) is 25.9 Å². The monoisotopic (exact) mass is 245 g/mol. The lowest BCUT2D eigenvalue weighted by molar-refractivity contribution is 0.340. The summed E-state index contributed by atoms with van der Waals surface area (Å²) in [5, 5.41) is 8.54. The van der Waals surface area contributed by atoms with Crippen LogP contribution in [0.1, 0.15) is 24.2 Å². The summed E-state index contributed by atoms with van der Waals surface area (Å²) in [7, 11) is 0. The van der Waals surface area contributed by atoms with Crippen LogP contribution in [0.5, 0.6) is 0 Å². The molecule has 0 amide bonds. The molecule has 5 nitrogen and oxygen atoms in total. The molecule has 0 bridgehead atoms. The Morgan fingerprint density at radius 1 is 1.22 bits per heavy atom. The van der Waals surface area contributed by atoms with E-state index in [1.807, 2.05) is 18.3 Å². The third kappa shape index (κ3) is 2.11. The second-order valence-electron chi connectivity index (χ2n) is 4.85. The number of aromatic nitrogens is 3. The minimum atomic E-state index is 0.509. The van der Waals surface area contributed by atoms with Crippen LogP contribution in [0.15, 0.2) is 18.3 Å². The first-order valence-electron chi connectivity index (χ1n) is 6.62. The Morgan fingerprint density at radius 3 is 2.83 bits per heavy atom. The molecule has 1 aliphatic rings. The Bertz CT molecular complexity index is 527. The van der Waals surface area contributed by atoms with E-state index in [1.54, 1.807) is 0 Å². The van der Waals surface area contributed by atoms with Gasteiger partial charge >= 0.3 is 0 Å². The van der Waals surface area contributed by atoms with Gasteiger partial charge in [-0.3, -0.25) is 4.40 Å². The Balaban J connectivity index is 1.79. The summed E-state index contributed by atoms with van der Waals surface area (Å²) < 4.78 is 2.07. The Hall–Kier alpha value is -1.46. The number of hydrogen-bond donors (Lipinski definition) is 1. The normalized spacial score (nSPS) is 16.7. The van der Waals surface area contributed by atoms with E-state index in [0.717, 1.165) is 30.0 Å². The maximum atomic E-state index is 5.71. The van der Waals surface area contributed by atoms with Crippen LogP contribution in [0.4, 0.5) is 0 Å². The number of nitrogens with zero attached hydrogens (tertiary/aromatic N) is 4. The minimum Gasteiger partial charge on any atom is -0.326 e. The standard InChI is InChI=1S/C13H19N5/c14-10-11-4-3-8-18-12(15-16-13(11)18)5-9-17-6-1-2-7-17/h3-4,8H,1-2,5-7,9-10,14H2. The minimum absolute atomic E-state index is 0.509. The van der Waals surface area contributed by atoms with Crippen molar-refractivity contribution >= 4 is 5.65 Å². The molecule has 2 N–H and O–H groups in total. The highest BCUT2D eigenvalue weighted by Gasteiger charge is 2.13. The van der Waals surface area contributed by atoms with E-state index >= 15 is 0 Å². The zero-order valence-corrected chi connectivity index (χ0v) is 10.5. The molecule has 18 heavy (non-hydrogen) atoms. The lowest BCUT2D eigenvalue weighted by atomic mass is 10.2. The van der Waals surface area contributed by atoms with Crippen LogP contribution < -0.4 is 5.73 Å². The molecule has 3 rings (SSSR count). The van der Waals surface area contributed by atoms with Crippen molar-refractivity contribution in [2.45, 2.75) is 25.8 Å². The predicted octanol–water partition coefficient (Wildman–Crippen LogP) is 0.826. The third-order valence-electron chi connectivity index (χ3n) is 3.66. The van der Waals surface area contributed by atoms with Gasteiger partial charge in [-0.15, -0.1) is 10.2 Å². The van der Waals surface area contributed by atoms with Crippen molar-refractivity contribution in [3.05, 3.63) is 29.7 Å². The molecule has 0 radical (unpaired) electrons. The van der Waals surface area contributed by atoms with Gasteiger partial charge in [0.1, 0.15) is 5.82 Å². The van der Waals surface area contributed by atoms with Crippen molar-refractivity contribution in [1.29, 1.82) is 0 Å². The van der Waals surface area contributed by atoms with E-state index in [9.17, 15) is 0 Å². The SMILES string of the molecule is NCc1cccn2c(CCN3CCCC3)nnc12. The first-order valence-corrected chi connectivity index (χ1v) is 6.62. The maximum Gasteiger partial charge on any atom is 0.165 e. The van der Waals surface area contributed by atoms with Gasteiger partial charge < -0.3 is 10.6 Å². The van der Waals surface area contributed by atoms with Gasteiger partial charge in [-0.05, 0) is 32.0 Å². The summed E-state index contributed by atoms with van der Waals surface area (Å²) in [6.45, 7) is 4.04. The largest absolute Gasteiger partial charge is 0.326 e. The summed E-state index contributed by atoms with van der Waals surface area (Å²) in [5.74, 6) is 1.03. The molecule has 3 heterocycles. The molecule has 1 aliphatic heterocycles. The van der Waals surface area contributed by atoms with Gasteiger partial charge in [-0.1, -0.05) is 6.07 Å². The smallest absolute Gasteiger partial charge is 0.165 e. The van der Waals surface area contributed by atoms with E-state index < -0.39 is 0 Å². The average molecular weight is 245 g/mol. The highest BCUT2D eigenvalue weighted by molar-refractivity contribution is 5.47. The molecular weight excluding hydrogens is 226 g/mol. The van der Waals surface area contributed by atoms with Crippen LogP contribution in [0, 0.1) is 0 Å². The van der Waals surface area contributed by atoms with Gasteiger partial charge in [0.2, 0.25) is 0 Å². The van der Waals surface area contributed by atoms with E-state index in [4.69, 9.17) is 5.73 Å². The molecular formula is C13H19N5. The highest BCUT2D eigenvalue weighted by atomic mass is 15.3. The molecule has 0 unspecified atom stereocenters. The second-order valence-corrected chi connectivity index (χ2v) is 4.85. The molecule has 1 saturated heterocycles. The fourth-order valence-electron chi connectivity index (χ4n) is 2.61. The molecule has 96 valence electrons. The van der Waals surface area contributed by atoms with Gasteiger partial charge in [-0.25, -0.2) is 0 Å². The quantitative estimate of drug-likeness (QED) is 0.866. The Kier molecular flexibility index (Phi) is 3.25. The number of likely N-dealkylation sites (tertiary alicyclic amines) is 1. The van der Waals surface area contributed by atoms with Crippen molar-refractivity contribution in [1.82, 2.24) is 19.5 Å². The molecule has 5 heteroatoms. The molecule has 0 saturated carbocycles. The summed E-state index contributed by atoms with van der Waals surface area (Å²) in [6.07, 6.45) is 5.64. The molecule has 2 aromatic heterocycles. The van der Waals surface area contributed by atoms with E-state index in [0.29, 0.717) is 6.54 Å². The van der Waals surface area contributed by atoms with Gasteiger partial charge in [0.25, 0.3) is 0 Å². The van der Waals surface area contributed by atoms with Gasteiger partial charge in [0.05, 0.1) is 0 Å². The van der Waals surface area contributed by atoms with Gasteiger partial charge in [0, 0.05) is 31.3 Å². The molecule has 0 spiro atoms. The van der Waals surface area contributed by atoms with Crippen LogP contribution in [-0.2, 0) is 13.0 Å². The molecule has 0 atom stereocenters. The second kappa shape index (κ2) is 5.04. The summed E-state index contributed by atoms with van der Waals surface area (Å²) in [5.41, 5.74) is 7.66. The average Bonchev–Trinajstić information content (AvgIpc) is 3.05. The van der Waals surface area contributed by atoms with Crippen molar-refractivity contribution < 1.29 is 0 Å². The molecule has 0 aliphatic carbocycles. The first-order chi connectivity index (χ1) is 8.88. The number of pyridine rings is 1. The Morgan fingerprint density at radius 2 is 2.06 bits per heavy atom. The molecule has 1 fully saturated rings. The molecule has 0 aromatic carbocycles. The number of rotatable bonds is 4. The zero-order valence-electron chi connectivity index (χ0n) is 10.5.